The molecule has 96 valence electrons. The number of aliphatic hydroxyl groups excluding tert-OH is 1. The van der Waals surface area contributed by atoms with Gasteiger partial charge in [-0.2, -0.15) is 5.10 Å². The van der Waals surface area contributed by atoms with E-state index in [1.54, 1.807) is 6.20 Å². The first-order valence-corrected chi connectivity index (χ1v) is 6.76. The van der Waals surface area contributed by atoms with Crippen molar-refractivity contribution >= 4 is 11.6 Å². The van der Waals surface area contributed by atoms with Gasteiger partial charge in [-0.3, -0.25) is 4.68 Å². The summed E-state index contributed by atoms with van der Waals surface area (Å²) in [7, 11) is 0. The molecular weight excluding hydrogens is 236 g/mol. The smallest absolute Gasteiger partial charge is 0.0815 e. The van der Waals surface area contributed by atoms with E-state index in [9.17, 15) is 5.11 Å². The summed E-state index contributed by atoms with van der Waals surface area (Å²) in [6.45, 7) is 6.49. The highest BCUT2D eigenvalue weighted by atomic mass is 35.5. The summed E-state index contributed by atoms with van der Waals surface area (Å²) in [5.74, 6) is 1.18. The van der Waals surface area contributed by atoms with Crippen LogP contribution in [0.25, 0.3) is 0 Å². The molecule has 3 unspecified atom stereocenters. The largest absolute Gasteiger partial charge is 0.393 e. The van der Waals surface area contributed by atoms with Crippen molar-refractivity contribution in [3.05, 3.63) is 16.9 Å². The Balaban J connectivity index is 2.29. The summed E-state index contributed by atoms with van der Waals surface area (Å²) in [5.41, 5.74) is 1.01. The fourth-order valence-corrected chi connectivity index (χ4v) is 3.07. The third kappa shape index (κ3) is 2.50. The molecule has 0 aliphatic heterocycles. The third-order valence-electron chi connectivity index (χ3n) is 4.00. The average molecular weight is 257 g/mol. The molecule has 1 aromatic rings. The third-order valence-corrected chi connectivity index (χ3v) is 4.37. The van der Waals surface area contributed by atoms with Crippen molar-refractivity contribution in [3.63, 3.8) is 0 Å². The highest BCUT2D eigenvalue weighted by molar-refractivity contribution is 6.31. The zero-order valence-electron chi connectivity index (χ0n) is 10.7. The quantitative estimate of drug-likeness (QED) is 0.883. The van der Waals surface area contributed by atoms with Crippen LogP contribution in [0.15, 0.2) is 6.20 Å². The lowest BCUT2D eigenvalue weighted by molar-refractivity contribution is 0.0514. The van der Waals surface area contributed by atoms with Gasteiger partial charge in [-0.05, 0) is 38.0 Å². The second kappa shape index (κ2) is 4.99. The first kappa shape index (κ1) is 12.9. The van der Waals surface area contributed by atoms with Crippen molar-refractivity contribution in [1.82, 2.24) is 9.78 Å². The van der Waals surface area contributed by atoms with Crippen LogP contribution in [-0.2, 0) is 0 Å². The van der Waals surface area contributed by atoms with Gasteiger partial charge in [-0.25, -0.2) is 0 Å². The maximum absolute atomic E-state index is 9.86. The van der Waals surface area contributed by atoms with Gasteiger partial charge in [0.15, 0.2) is 0 Å². The van der Waals surface area contributed by atoms with Crippen LogP contribution >= 0.6 is 11.6 Å². The minimum absolute atomic E-state index is 0.197. The molecule has 1 N–H and O–H groups in total. The van der Waals surface area contributed by atoms with Crippen molar-refractivity contribution in [2.45, 2.75) is 52.2 Å². The maximum Gasteiger partial charge on any atom is 0.0815 e. The zero-order chi connectivity index (χ0) is 12.6. The predicted molar refractivity (Wildman–Crippen MR) is 69.2 cm³/mol. The first-order valence-electron chi connectivity index (χ1n) is 6.38. The van der Waals surface area contributed by atoms with Crippen LogP contribution < -0.4 is 0 Å². The molecule has 1 heterocycles. The van der Waals surface area contributed by atoms with E-state index in [0.29, 0.717) is 16.9 Å². The Morgan fingerprint density at radius 3 is 2.71 bits per heavy atom. The van der Waals surface area contributed by atoms with Gasteiger partial charge in [-0.15, -0.1) is 0 Å². The molecule has 4 heteroatoms. The minimum Gasteiger partial charge on any atom is -0.393 e. The molecule has 0 saturated heterocycles. The first-order chi connectivity index (χ1) is 8.00. The SMILES string of the molecule is Cc1c(Cl)cnn1C1CC(O)CCC1C(C)C. The van der Waals surface area contributed by atoms with Gasteiger partial charge in [0.2, 0.25) is 0 Å². The molecule has 3 atom stereocenters. The highest BCUT2D eigenvalue weighted by Gasteiger charge is 2.34. The lowest BCUT2D eigenvalue weighted by Gasteiger charge is -2.37. The number of nitrogens with zero attached hydrogens (tertiary/aromatic N) is 2. The maximum atomic E-state index is 9.86. The number of halogens is 1. The number of hydrogen-bond acceptors (Lipinski definition) is 2. The Morgan fingerprint density at radius 2 is 2.18 bits per heavy atom. The standard InChI is InChI=1S/C13H21ClN2O/c1-8(2)11-5-4-10(17)6-13(11)16-9(3)12(14)7-15-16/h7-8,10-11,13,17H,4-6H2,1-3H3. The van der Waals surface area contributed by atoms with E-state index in [0.717, 1.165) is 25.0 Å². The molecule has 0 bridgehead atoms. The molecular formula is C13H21ClN2O. The molecule has 1 saturated carbocycles. The topological polar surface area (TPSA) is 38.0 Å². The van der Waals surface area contributed by atoms with E-state index >= 15 is 0 Å². The van der Waals surface area contributed by atoms with Gasteiger partial charge in [0.05, 0.1) is 29.1 Å². The van der Waals surface area contributed by atoms with E-state index in [2.05, 4.69) is 18.9 Å². The Kier molecular flexibility index (Phi) is 3.79. The lowest BCUT2D eigenvalue weighted by atomic mass is 9.76. The summed E-state index contributed by atoms with van der Waals surface area (Å²) < 4.78 is 2.01. The molecule has 1 fully saturated rings. The van der Waals surface area contributed by atoms with E-state index in [1.807, 2.05) is 11.6 Å². The van der Waals surface area contributed by atoms with Crippen molar-refractivity contribution < 1.29 is 5.11 Å². The molecule has 2 rings (SSSR count). The number of aromatic nitrogens is 2. The second-order valence-electron chi connectivity index (χ2n) is 5.46. The summed E-state index contributed by atoms with van der Waals surface area (Å²) in [4.78, 5) is 0. The Labute approximate surface area is 108 Å². The van der Waals surface area contributed by atoms with Gasteiger partial charge in [-0.1, -0.05) is 25.4 Å². The Hall–Kier alpha value is -0.540. The van der Waals surface area contributed by atoms with Crippen molar-refractivity contribution in [1.29, 1.82) is 0 Å². The van der Waals surface area contributed by atoms with Gasteiger partial charge >= 0.3 is 0 Å². The van der Waals surface area contributed by atoms with E-state index < -0.39 is 0 Å². The zero-order valence-corrected chi connectivity index (χ0v) is 11.5. The van der Waals surface area contributed by atoms with Crippen LogP contribution in [0.2, 0.25) is 5.02 Å². The van der Waals surface area contributed by atoms with E-state index in [1.165, 1.54) is 0 Å². The van der Waals surface area contributed by atoms with Crippen LogP contribution in [0.1, 0.15) is 44.8 Å². The van der Waals surface area contributed by atoms with Crippen LogP contribution in [0.4, 0.5) is 0 Å². The van der Waals surface area contributed by atoms with Crippen molar-refractivity contribution in [3.8, 4) is 0 Å². The highest BCUT2D eigenvalue weighted by Crippen LogP contribution is 2.39. The van der Waals surface area contributed by atoms with Crippen LogP contribution in [0.5, 0.6) is 0 Å². The van der Waals surface area contributed by atoms with Gasteiger partial charge in [0.25, 0.3) is 0 Å². The summed E-state index contributed by atoms with van der Waals surface area (Å²) in [6.07, 6.45) is 4.28. The molecule has 0 spiro atoms. The molecule has 0 radical (unpaired) electrons. The summed E-state index contributed by atoms with van der Waals surface area (Å²) in [5, 5.41) is 15.0. The van der Waals surface area contributed by atoms with E-state index in [4.69, 9.17) is 11.6 Å². The van der Waals surface area contributed by atoms with E-state index in [-0.39, 0.29) is 12.1 Å². The lowest BCUT2D eigenvalue weighted by Crippen LogP contribution is -2.33. The predicted octanol–water partition coefficient (Wildman–Crippen LogP) is 3.20. The Bertz CT molecular complexity index is 389. The van der Waals surface area contributed by atoms with Crippen LogP contribution in [-0.4, -0.2) is 21.0 Å². The second-order valence-corrected chi connectivity index (χ2v) is 5.87. The number of rotatable bonds is 2. The molecule has 0 aromatic carbocycles. The van der Waals surface area contributed by atoms with Crippen molar-refractivity contribution in [2.75, 3.05) is 0 Å². The molecule has 1 aliphatic carbocycles. The Morgan fingerprint density at radius 1 is 1.47 bits per heavy atom. The number of hydrogen-bond donors (Lipinski definition) is 1. The fourth-order valence-electron chi connectivity index (χ4n) is 2.94. The van der Waals surface area contributed by atoms with Crippen molar-refractivity contribution in [2.24, 2.45) is 11.8 Å². The molecule has 1 aliphatic rings. The average Bonchev–Trinajstić information content (AvgIpc) is 2.59. The van der Waals surface area contributed by atoms with Gasteiger partial charge < -0.3 is 5.11 Å². The summed E-state index contributed by atoms with van der Waals surface area (Å²) in [6, 6.07) is 0.284. The van der Waals surface area contributed by atoms with Crippen LogP contribution in [0, 0.1) is 18.8 Å². The monoisotopic (exact) mass is 256 g/mol. The molecule has 1 aromatic heterocycles. The summed E-state index contributed by atoms with van der Waals surface area (Å²) >= 11 is 6.07. The normalized spacial score (nSPS) is 29.9. The molecule has 17 heavy (non-hydrogen) atoms. The number of aliphatic hydroxyl groups is 1. The molecule has 0 amide bonds. The minimum atomic E-state index is -0.197. The van der Waals surface area contributed by atoms with Gasteiger partial charge in [0.1, 0.15) is 0 Å². The van der Waals surface area contributed by atoms with Gasteiger partial charge in [0, 0.05) is 0 Å². The van der Waals surface area contributed by atoms with Crippen LogP contribution in [0.3, 0.4) is 0 Å². The molecule has 3 nitrogen and oxygen atoms in total. The fraction of sp³-hybridized carbons (Fsp3) is 0.769.